The van der Waals surface area contributed by atoms with Crippen molar-refractivity contribution in [2.45, 2.75) is 0 Å². The van der Waals surface area contributed by atoms with Gasteiger partial charge in [0.2, 0.25) is 0 Å². The van der Waals surface area contributed by atoms with Gasteiger partial charge in [0.1, 0.15) is 0 Å². The molecule has 3 nitrogen and oxygen atoms in total. The molecule has 0 saturated carbocycles. The SMILES string of the molecule is FN(c1ccccn1)c1ccccn1. The van der Waals surface area contributed by atoms with E-state index in [0.29, 0.717) is 5.12 Å². The first-order valence-corrected chi connectivity index (χ1v) is 4.16. The second kappa shape index (κ2) is 3.83. The van der Waals surface area contributed by atoms with Crippen molar-refractivity contribution in [3.63, 3.8) is 0 Å². The first-order valence-electron chi connectivity index (χ1n) is 4.16. The van der Waals surface area contributed by atoms with Gasteiger partial charge in [-0.15, -0.1) is 5.12 Å². The van der Waals surface area contributed by atoms with E-state index in [2.05, 4.69) is 9.97 Å². The summed E-state index contributed by atoms with van der Waals surface area (Å²) in [5.41, 5.74) is 0. The summed E-state index contributed by atoms with van der Waals surface area (Å²) >= 11 is 0. The smallest absolute Gasteiger partial charge is 0.164 e. The zero-order valence-corrected chi connectivity index (χ0v) is 7.34. The topological polar surface area (TPSA) is 29.0 Å². The molecule has 2 heterocycles. The molecular weight excluding hydrogens is 181 g/mol. The molecule has 0 aliphatic rings. The number of aromatic nitrogens is 2. The highest BCUT2D eigenvalue weighted by Crippen LogP contribution is 2.20. The van der Waals surface area contributed by atoms with E-state index in [4.69, 9.17) is 0 Å². The molecule has 0 unspecified atom stereocenters. The largest absolute Gasteiger partial charge is 0.236 e. The Kier molecular flexibility index (Phi) is 2.36. The summed E-state index contributed by atoms with van der Waals surface area (Å²) in [5, 5.41) is 0.444. The number of rotatable bonds is 2. The highest BCUT2D eigenvalue weighted by molar-refractivity contribution is 5.51. The minimum absolute atomic E-state index is 0.228. The fourth-order valence-corrected chi connectivity index (χ4v) is 1.06. The highest BCUT2D eigenvalue weighted by Gasteiger charge is 2.08. The molecule has 0 fully saturated rings. The van der Waals surface area contributed by atoms with Crippen molar-refractivity contribution >= 4 is 11.6 Å². The standard InChI is InChI=1S/C10H8FN3/c11-14(9-5-1-3-7-12-9)10-6-2-4-8-13-10/h1-8H. The average Bonchev–Trinajstić information content (AvgIpc) is 2.30. The van der Waals surface area contributed by atoms with E-state index in [-0.39, 0.29) is 11.6 Å². The Morgan fingerprint density at radius 1 is 0.857 bits per heavy atom. The third-order valence-electron chi connectivity index (χ3n) is 1.70. The van der Waals surface area contributed by atoms with E-state index >= 15 is 0 Å². The molecule has 14 heavy (non-hydrogen) atoms. The van der Waals surface area contributed by atoms with Gasteiger partial charge in [0.15, 0.2) is 11.6 Å². The summed E-state index contributed by atoms with van der Waals surface area (Å²) in [6.07, 6.45) is 3.07. The number of hydrogen-bond donors (Lipinski definition) is 0. The second-order valence-electron chi connectivity index (χ2n) is 2.66. The lowest BCUT2D eigenvalue weighted by atomic mass is 10.4. The average molecular weight is 189 g/mol. The van der Waals surface area contributed by atoms with Gasteiger partial charge in [-0.3, -0.25) is 0 Å². The molecule has 0 spiro atoms. The molecule has 2 aromatic rings. The van der Waals surface area contributed by atoms with E-state index in [9.17, 15) is 4.48 Å². The van der Waals surface area contributed by atoms with Crippen LogP contribution in [-0.2, 0) is 0 Å². The Balaban J connectivity index is 2.30. The van der Waals surface area contributed by atoms with Gasteiger partial charge in [0.25, 0.3) is 0 Å². The van der Waals surface area contributed by atoms with Crippen LogP contribution in [0.1, 0.15) is 0 Å². The van der Waals surface area contributed by atoms with Crippen molar-refractivity contribution in [3.8, 4) is 0 Å². The maximum absolute atomic E-state index is 13.6. The third kappa shape index (κ3) is 1.69. The van der Waals surface area contributed by atoms with Gasteiger partial charge >= 0.3 is 0 Å². The molecule has 0 bridgehead atoms. The van der Waals surface area contributed by atoms with Crippen molar-refractivity contribution in [2.24, 2.45) is 0 Å². The van der Waals surface area contributed by atoms with Gasteiger partial charge in [0.05, 0.1) is 0 Å². The molecule has 0 atom stereocenters. The Morgan fingerprint density at radius 3 is 1.71 bits per heavy atom. The van der Waals surface area contributed by atoms with E-state index < -0.39 is 0 Å². The first-order chi connectivity index (χ1) is 6.88. The van der Waals surface area contributed by atoms with Gasteiger partial charge < -0.3 is 0 Å². The molecule has 2 rings (SSSR count). The number of halogens is 1. The fraction of sp³-hybridized carbons (Fsp3) is 0. The van der Waals surface area contributed by atoms with Crippen molar-refractivity contribution < 1.29 is 4.48 Å². The molecule has 0 aromatic carbocycles. The van der Waals surface area contributed by atoms with Crippen molar-refractivity contribution in [1.82, 2.24) is 9.97 Å². The first kappa shape index (κ1) is 8.62. The minimum atomic E-state index is 0.228. The normalized spacial score (nSPS) is 9.79. The van der Waals surface area contributed by atoms with Crippen LogP contribution in [0.5, 0.6) is 0 Å². The van der Waals surface area contributed by atoms with Crippen LogP contribution in [0.4, 0.5) is 16.1 Å². The summed E-state index contributed by atoms with van der Waals surface area (Å²) in [4.78, 5) is 7.73. The van der Waals surface area contributed by atoms with Crippen molar-refractivity contribution in [2.75, 3.05) is 5.12 Å². The summed E-state index contributed by atoms with van der Waals surface area (Å²) in [5.74, 6) is 0.456. The fourth-order valence-electron chi connectivity index (χ4n) is 1.06. The Morgan fingerprint density at radius 2 is 1.36 bits per heavy atom. The lowest BCUT2D eigenvalue weighted by molar-refractivity contribution is 0.493. The number of anilines is 2. The van der Waals surface area contributed by atoms with E-state index in [1.54, 1.807) is 36.4 Å². The quantitative estimate of drug-likeness (QED) is 0.679. The second-order valence-corrected chi connectivity index (χ2v) is 2.66. The summed E-state index contributed by atoms with van der Waals surface area (Å²) in [6.45, 7) is 0. The van der Waals surface area contributed by atoms with Crippen LogP contribution >= 0.6 is 0 Å². The third-order valence-corrected chi connectivity index (χ3v) is 1.70. The van der Waals surface area contributed by atoms with Crippen LogP contribution in [0.2, 0.25) is 0 Å². The lowest BCUT2D eigenvalue weighted by Gasteiger charge is -2.10. The number of nitrogens with zero attached hydrogens (tertiary/aromatic N) is 3. The van der Waals surface area contributed by atoms with Crippen LogP contribution in [0.3, 0.4) is 0 Å². The minimum Gasteiger partial charge on any atom is -0.236 e. The van der Waals surface area contributed by atoms with Gasteiger partial charge in [-0.2, -0.15) is 0 Å². The maximum atomic E-state index is 13.6. The number of pyridine rings is 2. The molecule has 0 radical (unpaired) electrons. The molecule has 2 aromatic heterocycles. The molecule has 0 saturated heterocycles. The zero-order chi connectivity index (χ0) is 9.80. The molecule has 0 aliphatic carbocycles. The molecule has 0 amide bonds. The van der Waals surface area contributed by atoms with E-state index in [0.717, 1.165) is 0 Å². The zero-order valence-electron chi connectivity index (χ0n) is 7.34. The van der Waals surface area contributed by atoms with Crippen molar-refractivity contribution in [3.05, 3.63) is 48.8 Å². The Hall–Kier alpha value is -1.97. The van der Waals surface area contributed by atoms with Gasteiger partial charge in [0, 0.05) is 12.4 Å². The molecule has 4 heteroatoms. The predicted octanol–water partition coefficient (Wildman–Crippen LogP) is 2.50. The van der Waals surface area contributed by atoms with Crippen LogP contribution in [-0.4, -0.2) is 9.97 Å². The molecule has 70 valence electrons. The molecular formula is C10H8FN3. The number of hydrogen-bond acceptors (Lipinski definition) is 3. The summed E-state index contributed by atoms with van der Waals surface area (Å²) in [6, 6.07) is 10.1. The van der Waals surface area contributed by atoms with E-state index in [1.807, 2.05) is 0 Å². The van der Waals surface area contributed by atoms with Gasteiger partial charge in [-0.1, -0.05) is 16.6 Å². The van der Waals surface area contributed by atoms with Crippen LogP contribution in [0, 0.1) is 0 Å². The Labute approximate surface area is 80.8 Å². The molecule has 0 aliphatic heterocycles. The van der Waals surface area contributed by atoms with E-state index in [1.165, 1.54) is 12.4 Å². The van der Waals surface area contributed by atoms with Crippen LogP contribution < -0.4 is 5.12 Å². The Bertz CT molecular complexity index is 351. The maximum Gasteiger partial charge on any atom is 0.164 e. The molecule has 0 N–H and O–H groups in total. The lowest BCUT2D eigenvalue weighted by Crippen LogP contribution is -2.06. The van der Waals surface area contributed by atoms with Crippen LogP contribution in [0.15, 0.2) is 48.8 Å². The van der Waals surface area contributed by atoms with Gasteiger partial charge in [-0.25, -0.2) is 9.97 Å². The highest BCUT2D eigenvalue weighted by atomic mass is 19.2. The monoisotopic (exact) mass is 189 g/mol. The van der Waals surface area contributed by atoms with Crippen molar-refractivity contribution in [1.29, 1.82) is 0 Å². The summed E-state index contributed by atoms with van der Waals surface area (Å²) in [7, 11) is 0. The predicted molar refractivity (Wildman–Crippen MR) is 51.7 cm³/mol. The summed E-state index contributed by atoms with van der Waals surface area (Å²) < 4.78 is 13.6. The van der Waals surface area contributed by atoms with Gasteiger partial charge in [-0.05, 0) is 24.3 Å². The van der Waals surface area contributed by atoms with Crippen LogP contribution in [0.25, 0.3) is 0 Å².